The van der Waals surface area contributed by atoms with Crippen molar-refractivity contribution >= 4 is 0 Å². The fraction of sp³-hybridized carbons (Fsp3) is 0.667. The molecule has 0 aromatic heterocycles. The number of rotatable bonds is 8. The van der Waals surface area contributed by atoms with Crippen LogP contribution >= 0.6 is 0 Å². The molecule has 116 valence electrons. The van der Waals surface area contributed by atoms with E-state index < -0.39 is 0 Å². The Kier molecular flexibility index (Phi) is 5.15. The molecule has 3 nitrogen and oxygen atoms in total. The van der Waals surface area contributed by atoms with Gasteiger partial charge in [-0.15, -0.1) is 0 Å². The molecule has 1 aliphatic heterocycles. The van der Waals surface area contributed by atoms with Gasteiger partial charge in [0.05, 0.1) is 6.61 Å². The van der Waals surface area contributed by atoms with Crippen molar-refractivity contribution in [2.75, 3.05) is 26.2 Å². The minimum Gasteiger partial charge on any atom is -0.494 e. The molecule has 3 heteroatoms. The van der Waals surface area contributed by atoms with Crippen LogP contribution in [-0.2, 0) is 6.54 Å². The SMILES string of the molecule is CCOc1ccc(CN(CC2CC2)CC2CCCN2)cc1. The van der Waals surface area contributed by atoms with Gasteiger partial charge < -0.3 is 10.1 Å². The minimum atomic E-state index is 0.700. The summed E-state index contributed by atoms with van der Waals surface area (Å²) in [5.74, 6) is 1.93. The van der Waals surface area contributed by atoms with Gasteiger partial charge in [-0.25, -0.2) is 0 Å². The Hall–Kier alpha value is -1.06. The fourth-order valence-corrected chi connectivity index (χ4v) is 3.21. The van der Waals surface area contributed by atoms with Crippen molar-refractivity contribution in [3.8, 4) is 5.75 Å². The predicted octanol–water partition coefficient (Wildman–Crippen LogP) is 3.05. The van der Waals surface area contributed by atoms with Gasteiger partial charge in [0.15, 0.2) is 0 Å². The first-order chi connectivity index (χ1) is 10.3. The second kappa shape index (κ2) is 7.28. The average Bonchev–Trinajstić information content (AvgIpc) is 3.15. The van der Waals surface area contributed by atoms with Gasteiger partial charge in [0, 0.05) is 25.7 Å². The third-order valence-electron chi connectivity index (χ3n) is 4.49. The van der Waals surface area contributed by atoms with Gasteiger partial charge in [-0.3, -0.25) is 4.90 Å². The van der Waals surface area contributed by atoms with Crippen molar-refractivity contribution in [1.29, 1.82) is 0 Å². The summed E-state index contributed by atoms with van der Waals surface area (Å²) >= 11 is 0. The second-order valence-electron chi connectivity index (χ2n) is 6.51. The lowest BCUT2D eigenvalue weighted by molar-refractivity contribution is 0.231. The molecule has 1 saturated heterocycles. The van der Waals surface area contributed by atoms with E-state index in [9.17, 15) is 0 Å². The molecular formula is C18H28N2O. The van der Waals surface area contributed by atoms with Crippen LogP contribution in [0.5, 0.6) is 5.75 Å². The van der Waals surface area contributed by atoms with E-state index in [1.54, 1.807) is 0 Å². The van der Waals surface area contributed by atoms with Crippen molar-refractivity contribution in [2.24, 2.45) is 5.92 Å². The zero-order chi connectivity index (χ0) is 14.5. The van der Waals surface area contributed by atoms with Crippen LogP contribution in [-0.4, -0.2) is 37.2 Å². The molecule has 21 heavy (non-hydrogen) atoms. The highest BCUT2D eigenvalue weighted by Gasteiger charge is 2.26. The molecule has 1 N–H and O–H groups in total. The van der Waals surface area contributed by atoms with Gasteiger partial charge in [0.1, 0.15) is 5.75 Å². The maximum atomic E-state index is 5.52. The van der Waals surface area contributed by atoms with Crippen LogP contribution in [0.1, 0.15) is 38.2 Å². The summed E-state index contributed by atoms with van der Waals surface area (Å²) in [6.07, 6.45) is 5.53. The summed E-state index contributed by atoms with van der Waals surface area (Å²) in [6.45, 7) is 7.50. The van der Waals surface area contributed by atoms with Crippen molar-refractivity contribution in [1.82, 2.24) is 10.2 Å². The molecule has 2 aliphatic rings. The monoisotopic (exact) mass is 288 g/mol. The number of nitrogens with one attached hydrogen (secondary N) is 1. The standard InChI is InChI=1S/C18H28N2O/c1-2-21-18-9-7-16(8-10-18)13-20(12-15-5-6-15)14-17-4-3-11-19-17/h7-10,15,17,19H,2-6,11-14H2,1H3. The lowest BCUT2D eigenvalue weighted by Crippen LogP contribution is -2.38. The smallest absolute Gasteiger partial charge is 0.119 e. The number of hydrogen-bond acceptors (Lipinski definition) is 3. The third-order valence-corrected chi connectivity index (χ3v) is 4.49. The Morgan fingerprint density at radius 3 is 2.57 bits per heavy atom. The molecule has 1 aromatic carbocycles. The lowest BCUT2D eigenvalue weighted by Gasteiger charge is -2.26. The minimum absolute atomic E-state index is 0.700. The largest absolute Gasteiger partial charge is 0.494 e. The van der Waals surface area contributed by atoms with Crippen molar-refractivity contribution < 1.29 is 4.74 Å². The maximum absolute atomic E-state index is 5.52. The van der Waals surface area contributed by atoms with E-state index in [2.05, 4.69) is 34.5 Å². The maximum Gasteiger partial charge on any atom is 0.119 e. The van der Waals surface area contributed by atoms with E-state index in [-0.39, 0.29) is 0 Å². The molecule has 2 fully saturated rings. The Morgan fingerprint density at radius 1 is 1.14 bits per heavy atom. The van der Waals surface area contributed by atoms with Gasteiger partial charge in [0.25, 0.3) is 0 Å². The first-order valence-corrected chi connectivity index (χ1v) is 8.51. The molecule has 0 spiro atoms. The number of hydrogen-bond donors (Lipinski definition) is 1. The number of ether oxygens (including phenoxy) is 1. The first kappa shape index (κ1) is 14.9. The van der Waals surface area contributed by atoms with Gasteiger partial charge in [-0.05, 0) is 62.8 Å². The molecule has 0 bridgehead atoms. The molecule has 1 saturated carbocycles. The van der Waals surface area contributed by atoms with Gasteiger partial charge in [0.2, 0.25) is 0 Å². The highest BCUT2D eigenvalue weighted by molar-refractivity contribution is 5.27. The molecule has 1 unspecified atom stereocenters. The van der Waals surface area contributed by atoms with Gasteiger partial charge in [-0.2, -0.15) is 0 Å². The lowest BCUT2D eigenvalue weighted by atomic mass is 10.1. The third kappa shape index (κ3) is 4.72. The molecular weight excluding hydrogens is 260 g/mol. The van der Waals surface area contributed by atoms with Gasteiger partial charge >= 0.3 is 0 Å². The second-order valence-corrected chi connectivity index (χ2v) is 6.51. The molecule has 3 rings (SSSR count). The highest BCUT2D eigenvalue weighted by Crippen LogP contribution is 2.30. The van der Waals surface area contributed by atoms with Crippen LogP contribution in [0.3, 0.4) is 0 Å². The zero-order valence-electron chi connectivity index (χ0n) is 13.2. The van der Waals surface area contributed by atoms with Crippen LogP contribution in [0.15, 0.2) is 24.3 Å². The normalized spacial score (nSPS) is 21.9. The van der Waals surface area contributed by atoms with Crippen LogP contribution in [0.2, 0.25) is 0 Å². The summed E-state index contributed by atoms with van der Waals surface area (Å²) < 4.78 is 5.52. The molecule has 1 heterocycles. The zero-order valence-corrected chi connectivity index (χ0v) is 13.2. The summed E-state index contributed by atoms with van der Waals surface area (Å²) in [6, 6.07) is 9.33. The summed E-state index contributed by atoms with van der Waals surface area (Å²) in [7, 11) is 0. The van der Waals surface area contributed by atoms with Crippen molar-refractivity contribution in [3.05, 3.63) is 29.8 Å². The van der Waals surface area contributed by atoms with Crippen molar-refractivity contribution in [2.45, 2.75) is 45.2 Å². The quantitative estimate of drug-likeness (QED) is 0.795. The van der Waals surface area contributed by atoms with E-state index >= 15 is 0 Å². The molecule has 1 aromatic rings. The van der Waals surface area contributed by atoms with Crippen LogP contribution < -0.4 is 10.1 Å². The highest BCUT2D eigenvalue weighted by atomic mass is 16.5. The molecule has 1 aliphatic carbocycles. The molecule has 0 amide bonds. The van der Waals surface area contributed by atoms with E-state index in [1.807, 2.05) is 6.92 Å². The number of nitrogens with zero attached hydrogens (tertiary/aromatic N) is 1. The summed E-state index contributed by atoms with van der Waals surface area (Å²) in [5, 5.41) is 3.63. The molecule has 1 atom stereocenters. The Bertz CT molecular complexity index is 421. The van der Waals surface area contributed by atoms with E-state index in [1.165, 1.54) is 50.9 Å². The summed E-state index contributed by atoms with van der Waals surface area (Å²) in [4.78, 5) is 2.65. The predicted molar refractivity (Wildman–Crippen MR) is 86.6 cm³/mol. The fourth-order valence-electron chi connectivity index (χ4n) is 3.21. The van der Waals surface area contributed by atoms with Crippen LogP contribution in [0.4, 0.5) is 0 Å². The van der Waals surface area contributed by atoms with E-state index in [4.69, 9.17) is 4.74 Å². The van der Waals surface area contributed by atoms with Gasteiger partial charge in [-0.1, -0.05) is 12.1 Å². The first-order valence-electron chi connectivity index (χ1n) is 8.51. The topological polar surface area (TPSA) is 24.5 Å². The van der Waals surface area contributed by atoms with Crippen LogP contribution in [0, 0.1) is 5.92 Å². The Labute approximate surface area is 128 Å². The Morgan fingerprint density at radius 2 is 1.95 bits per heavy atom. The van der Waals surface area contributed by atoms with Crippen molar-refractivity contribution in [3.63, 3.8) is 0 Å². The number of benzene rings is 1. The van der Waals surface area contributed by atoms with E-state index in [0.717, 1.165) is 24.8 Å². The van der Waals surface area contributed by atoms with E-state index in [0.29, 0.717) is 6.04 Å². The molecule has 0 radical (unpaired) electrons. The Balaban J connectivity index is 1.56. The summed E-state index contributed by atoms with van der Waals surface area (Å²) in [5.41, 5.74) is 1.40. The van der Waals surface area contributed by atoms with Crippen LogP contribution in [0.25, 0.3) is 0 Å². The average molecular weight is 288 g/mol.